The van der Waals surface area contributed by atoms with E-state index in [1.807, 2.05) is 11.3 Å². The average molecular weight is 430 g/mol. The molecule has 2 N–H and O–H groups in total. The van der Waals surface area contributed by atoms with Crippen LogP contribution in [0.2, 0.25) is 0 Å². The predicted octanol–water partition coefficient (Wildman–Crippen LogP) is 5.78. The maximum absolute atomic E-state index is 10.6. The molecule has 0 atom stereocenters. The number of aromatic carboxylic acids is 2. The topological polar surface area (TPSA) is 77.8 Å². The number of rotatable bonds is 4. The van der Waals surface area contributed by atoms with Crippen molar-refractivity contribution < 1.29 is 19.8 Å². The fourth-order valence-corrected chi connectivity index (χ4v) is 5.83. The van der Waals surface area contributed by atoms with Gasteiger partial charge < -0.3 is 10.2 Å². The molecule has 1 aromatic heterocycles. The van der Waals surface area contributed by atoms with Crippen molar-refractivity contribution >= 4 is 23.3 Å². The summed E-state index contributed by atoms with van der Waals surface area (Å²) >= 11 is 1.98. The number of carboxylic acid groups (broad SMARTS) is 2. The molecule has 4 rings (SSSR count). The predicted molar refractivity (Wildman–Crippen MR) is 120 cm³/mol. The van der Waals surface area contributed by atoms with Crippen LogP contribution in [-0.4, -0.2) is 40.1 Å². The Bertz CT molecular complexity index is 818. The number of nitrogens with zero attached hydrogens (tertiary/aromatic N) is 1. The van der Waals surface area contributed by atoms with Gasteiger partial charge in [-0.1, -0.05) is 37.8 Å². The molecule has 1 saturated carbocycles. The van der Waals surface area contributed by atoms with Crippen molar-refractivity contribution in [3.63, 3.8) is 0 Å². The second-order valence-electron chi connectivity index (χ2n) is 8.21. The molecule has 0 spiro atoms. The highest BCUT2D eigenvalue weighted by molar-refractivity contribution is 7.10. The first kappa shape index (κ1) is 22.5. The van der Waals surface area contributed by atoms with Gasteiger partial charge in [-0.05, 0) is 74.8 Å². The van der Waals surface area contributed by atoms with Gasteiger partial charge in [0, 0.05) is 4.88 Å². The Morgan fingerprint density at radius 1 is 0.867 bits per heavy atom. The summed E-state index contributed by atoms with van der Waals surface area (Å²) in [7, 11) is 0. The van der Waals surface area contributed by atoms with Crippen LogP contribution >= 0.6 is 11.3 Å². The third kappa shape index (κ3) is 4.93. The number of carbonyl (C=O) groups is 2. The molecule has 1 aliphatic carbocycles. The van der Waals surface area contributed by atoms with Crippen LogP contribution in [0, 0.1) is 6.92 Å². The summed E-state index contributed by atoms with van der Waals surface area (Å²) in [5.41, 5.74) is 0.759. The minimum Gasteiger partial charge on any atom is -0.478 e. The van der Waals surface area contributed by atoms with Crippen molar-refractivity contribution in [1.29, 1.82) is 0 Å². The Morgan fingerprint density at radius 2 is 1.43 bits per heavy atom. The summed E-state index contributed by atoms with van der Waals surface area (Å²) in [6.07, 6.45) is 11.3. The summed E-state index contributed by atoms with van der Waals surface area (Å²) in [6, 6.07) is 8.79. The summed E-state index contributed by atoms with van der Waals surface area (Å²) in [4.78, 5) is 25.7. The third-order valence-electron chi connectivity index (χ3n) is 6.42. The van der Waals surface area contributed by atoms with Crippen LogP contribution in [0.3, 0.4) is 0 Å². The van der Waals surface area contributed by atoms with Gasteiger partial charge in [-0.25, -0.2) is 9.59 Å². The van der Waals surface area contributed by atoms with E-state index in [4.69, 9.17) is 10.2 Å². The minimum atomic E-state index is -1.11. The van der Waals surface area contributed by atoms with Crippen molar-refractivity contribution in [2.45, 2.75) is 63.8 Å². The second kappa shape index (κ2) is 10.2. The molecule has 2 heterocycles. The summed E-state index contributed by atoms with van der Waals surface area (Å²) < 4.78 is 0. The molecular formula is C24H31NO4S. The molecule has 1 saturated heterocycles. The SMILES string of the molecule is Cc1c(C(=O)O)cccc1C(=O)O.c1csc(C2(N3CCCCC3)CCCCC2)c1. The smallest absolute Gasteiger partial charge is 0.335 e. The fourth-order valence-electron chi connectivity index (χ4n) is 4.82. The van der Waals surface area contributed by atoms with Gasteiger partial charge >= 0.3 is 11.9 Å². The molecule has 0 bridgehead atoms. The molecule has 2 aromatic rings. The van der Waals surface area contributed by atoms with E-state index < -0.39 is 11.9 Å². The van der Waals surface area contributed by atoms with E-state index in [0.29, 0.717) is 5.54 Å². The van der Waals surface area contributed by atoms with Gasteiger partial charge in [-0.3, -0.25) is 4.90 Å². The van der Waals surface area contributed by atoms with E-state index in [-0.39, 0.29) is 16.7 Å². The van der Waals surface area contributed by atoms with Gasteiger partial charge in [0.25, 0.3) is 0 Å². The lowest BCUT2D eigenvalue weighted by atomic mass is 9.78. The van der Waals surface area contributed by atoms with Crippen LogP contribution in [0.5, 0.6) is 0 Å². The molecule has 162 valence electrons. The van der Waals surface area contributed by atoms with Crippen molar-refractivity contribution in [3.05, 3.63) is 57.3 Å². The highest BCUT2D eigenvalue weighted by Crippen LogP contribution is 2.45. The van der Waals surface area contributed by atoms with Crippen LogP contribution < -0.4 is 0 Å². The number of thiophene rings is 1. The van der Waals surface area contributed by atoms with Crippen molar-refractivity contribution in [1.82, 2.24) is 4.90 Å². The number of piperidine rings is 1. The normalized spacial score (nSPS) is 18.8. The van der Waals surface area contributed by atoms with E-state index in [9.17, 15) is 9.59 Å². The molecule has 1 aromatic carbocycles. The van der Waals surface area contributed by atoms with Gasteiger partial charge in [0.1, 0.15) is 0 Å². The molecule has 0 radical (unpaired) electrons. The molecule has 5 nitrogen and oxygen atoms in total. The lowest BCUT2D eigenvalue weighted by molar-refractivity contribution is 0.0332. The van der Waals surface area contributed by atoms with Crippen LogP contribution in [0.25, 0.3) is 0 Å². The Labute approximate surface area is 182 Å². The summed E-state index contributed by atoms with van der Waals surface area (Å²) in [6.45, 7) is 4.14. The first-order valence-corrected chi connectivity index (χ1v) is 11.7. The van der Waals surface area contributed by atoms with Crippen molar-refractivity contribution in [2.75, 3.05) is 13.1 Å². The van der Waals surface area contributed by atoms with Gasteiger partial charge in [0.2, 0.25) is 0 Å². The maximum Gasteiger partial charge on any atom is 0.335 e. The third-order valence-corrected chi connectivity index (χ3v) is 7.48. The zero-order valence-electron chi connectivity index (χ0n) is 17.6. The van der Waals surface area contributed by atoms with E-state index in [2.05, 4.69) is 22.4 Å². The van der Waals surface area contributed by atoms with Gasteiger partial charge in [-0.15, -0.1) is 11.3 Å². The van der Waals surface area contributed by atoms with Gasteiger partial charge in [0.15, 0.2) is 0 Å². The standard InChI is InChI=1S/C15H23NS.C9H8O4/c1-3-9-15(10-4-1,14-8-7-13-17-14)16-11-5-2-6-12-16;1-5-6(8(10)11)3-2-4-7(5)9(12)13/h7-8,13H,1-6,9-12H2;2-4H,1H3,(H,10,11)(H,12,13). The monoisotopic (exact) mass is 429 g/mol. The highest BCUT2D eigenvalue weighted by Gasteiger charge is 2.40. The molecule has 1 aliphatic heterocycles. The number of benzene rings is 1. The quantitative estimate of drug-likeness (QED) is 0.644. The zero-order chi connectivity index (χ0) is 21.6. The molecule has 30 heavy (non-hydrogen) atoms. The number of hydrogen-bond acceptors (Lipinski definition) is 4. The molecular weight excluding hydrogens is 398 g/mol. The van der Waals surface area contributed by atoms with Crippen LogP contribution in [0.15, 0.2) is 35.7 Å². The van der Waals surface area contributed by atoms with Crippen molar-refractivity contribution in [3.8, 4) is 0 Å². The lowest BCUT2D eigenvalue weighted by Gasteiger charge is -2.48. The van der Waals surface area contributed by atoms with Crippen LogP contribution in [0.4, 0.5) is 0 Å². The Hall–Kier alpha value is -2.18. The number of likely N-dealkylation sites (tertiary alicyclic amines) is 1. The van der Waals surface area contributed by atoms with E-state index in [1.54, 1.807) is 4.88 Å². The van der Waals surface area contributed by atoms with E-state index >= 15 is 0 Å². The summed E-state index contributed by atoms with van der Waals surface area (Å²) in [5.74, 6) is -2.22. The Kier molecular flexibility index (Phi) is 7.67. The van der Waals surface area contributed by atoms with Crippen LogP contribution in [0.1, 0.15) is 82.5 Å². The minimum absolute atomic E-state index is 0.0277. The first-order valence-electron chi connectivity index (χ1n) is 10.8. The summed E-state index contributed by atoms with van der Waals surface area (Å²) in [5, 5.41) is 19.6. The van der Waals surface area contributed by atoms with Crippen molar-refractivity contribution in [2.24, 2.45) is 0 Å². The van der Waals surface area contributed by atoms with Gasteiger partial charge in [0.05, 0.1) is 16.7 Å². The van der Waals surface area contributed by atoms with Gasteiger partial charge in [-0.2, -0.15) is 0 Å². The average Bonchev–Trinajstić information content (AvgIpc) is 3.31. The number of hydrogen-bond donors (Lipinski definition) is 2. The maximum atomic E-state index is 10.6. The first-order chi connectivity index (χ1) is 14.5. The highest BCUT2D eigenvalue weighted by atomic mass is 32.1. The largest absolute Gasteiger partial charge is 0.478 e. The molecule has 6 heteroatoms. The fraction of sp³-hybridized carbons (Fsp3) is 0.500. The second-order valence-corrected chi connectivity index (χ2v) is 9.15. The molecule has 2 fully saturated rings. The zero-order valence-corrected chi connectivity index (χ0v) is 18.4. The molecule has 0 unspecified atom stereocenters. The Balaban J connectivity index is 0.000000178. The van der Waals surface area contributed by atoms with E-state index in [0.717, 1.165) is 0 Å². The lowest BCUT2D eigenvalue weighted by Crippen LogP contribution is -2.49. The molecule has 2 aliphatic rings. The van der Waals surface area contributed by atoms with Crippen LogP contribution in [-0.2, 0) is 5.54 Å². The Morgan fingerprint density at radius 3 is 1.93 bits per heavy atom. The molecule has 0 amide bonds. The number of carboxylic acids is 2. The van der Waals surface area contributed by atoms with E-state index in [1.165, 1.54) is 89.6 Å².